The summed E-state index contributed by atoms with van der Waals surface area (Å²) in [7, 11) is -4.69. The maximum Gasteiger partial charge on any atom is 1.00 e. The fraction of sp³-hybridized carbons (Fsp3) is 0.0526. The molecule has 1 aliphatic rings. The van der Waals surface area contributed by atoms with Crippen LogP contribution in [0.2, 0.25) is 0 Å². The van der Waals surface area contributed by atoms with E-state index in [0.717, 1.165) is 12.3 Å². The summed E-state index contributed by atoms with van der Waals surface area (Å²) in [6.07, 6.45) is 1.11. The third kappa shape index (κ3) is 4.44. The van der Waals surface area contributed by atoms with Crippen LogP contribution in [0.5, 0.6) is 11.5 Å². The molecule has 2 heterocycles. The van der Waals surface area contributed by atoms with Crippen molar-refractivity contribution in [2.24, 2.45) is 5.10 Å². The maximum absolute atomic E-state index is 12.8. The number of furan rings is 1. The van der Waals surface area contributed by atoms with Crippen molar-refractivity contribution in [2.75, 3.05) is 0 Å². The summed E-state index contributed by atoms with van der Waals surface area (Å²) in [5, 5.41) is 3.09. The van der Waals surface area contributed by atoms with E-state index in [1.165, 1.54) is 6.07 Å². The molecule has 0 saturated heterocycles. The fourth-order valence-corrected chi connectivity index (χ4v) is 3.39. The van der Waals surface area contributed by atoms with E-state index in [1.54, 1.807) is 24.3 Å². The second-order valence-electron chi connectivity index (χ2n) is 5.96. The largest absolute Gasteiger partial charge is 1.00 e. The van der Waals surface area contributed by atoms with Gasteiger partial charge < -0.3 is 13.7 Å². The summed E-state index contributed by atoms with van der Waals surface area (Å²) in [6, 6.07) is 16.7. The molecule has 0 atom stereocenters. The van der Waals surface area contributed by atoms with Crippen molar-refractivity contribution in [3.8, 4) is 11.5 Å². The van der Waals surface area contributed by atoms with Gasteiger partial charge in [0.1, 0.15) is 17.3 Å². The average molecular weight is 420 g/mol. The van der Waals surface area contributed by atoms with Crippen LogP contribution in [0, 0.1) is 0 Å². The first kappa shape index (κ1) is 21.3. The molecule has 1 amide bonds. The Morgan fingerprint density at radius 2 is 1.59 bits per heavy atom. The van der Waals surface area contributed by atoms with Gasteiger partial charge in [0.2, 0.25) is 5.09 Å². The Bertz CT molecular complexity index is 1140. The molecule has 0 saturated carbocycles. The Labute approximate surface area is 188 Å². The monoisotopic (exact) mass is 420 g/mol. The third-order valence-corrected chi connectivity index (χ3v) is 4.87. The standard InChI is InChI=1S/C19H14N2O6S.Na/c22-19(21-20-11-12-9-10-17(26-12)28(23,24)25)18-13-5-1-3-7-15(13)27-16-8-4-2-6-14(16)18;/h1-11,18H,(H,21,22)(H,23,24,25);/q;+1/p-1/b20-11+;. The van der Waals surface area contributed by atoms with Crippen LogP contribution in [0.4, 0.5) is 0 Å². The first-order chi connectivity index (χ1) is 13.4. The van der Waals surface area contributed by atoms with Crippen molar-refractivity contribution in [3.63, 3.8) is 0 Å². The summed E-state index contributed by atoms with van der Waals surface area (Å²) in [4.78, 5) is 12.8. The van der Waals surface area contributed by atoms with E-state index in [0.29, 0.717) is 22.6 Å². The van der Waals surface area contributed by atoms with E-state index in [2.05, 4.69) is 10.5 Å². The van der Waals surface area contributed by atoms with Crippen LogP contribution in [0.25, 0.3) is 0 Å². The molecule has 2 aromatic carbocycles. The number of amides is 1. The van der Waals surface area contributed by atoms with E-state index < -0.39 is 27.0 Å². The first-order valence-corrected chi connectivity index (χ1v) is 9.58. The minimum absolute atomic E-state index is 0. The molecule has 0 spiro atoms. The summed E-state index contributed by atoms with van der Waals surface area (Å²) < 4.78 is 43.4. The van der Waals surface area contributed by atoms with Crippen molar-refractivity contribution < 1.29 is 56.5 Å². The summed E-state index contributed by atoms with van der Waals surface area (Å²) in [5.41, 5.74) is 3.82. The Kier molecular flexibility index (Phi) is 6.25. The molecular formula is C19H13N2NaO6S. The molecule has 8 nitrogen and oxygen atoms in total. The van der Waals surface area contributed by atoms with Gasteiger partial charge in [0.25, 0.3) is 5.91 Å². The molecule has 10 heteroatoms. The van der Waals surface area contributed by atoms with Gasteiger partial charge in [-0.2, -0.15) is 5.10 Å². The van der Waals surface area contributed by atoms with Crippen molar-refractivity contribution in [1.29, 1.82) is 0 Å². The van der Waals surface area contributed by atoms with Gasteiger partial charge in [0, 0.05) is 11.1 Å². The average Bonchev–Trinajstić information content (AvgIpc) is 3.15. The number of hydrogen-bond donors (Lipinski definition) is 1. The molecule has 142 valence electrons. The van der Waals surface area contributed by atoms with Crippen LogP contribution < -0.4 is 39.7 Å². The quantitative estimate of drug-likeness (QED) is 0.265. The normalized spacial score (nSPS) is 13.1. The minimum Gasteiger partial charge on any atom is -0.742 e. The molecule has 0 bridgehead atoms. The zero-order valence-electron chi connectivity index (χ0n) is 15.2. The molecule has 0 aliphatic carbocycles. The van der Waals surface area contributed by atoms with Gasteiger partial charge in [-0.25, -0.2) is 13.8 Å². The Hall–Kier alpha value is -2.43. The van der Waals surface area contributed by atoms with E-state index in [1.807, 2.05) is 24.3 Å². The zero-order valence-corrected chi connectivity index (χ0v) is 18.0. The minimum atomic E-state index is -4.69. The molecule has 3 aromatic rings. The van der Waals surface area contributed by atoms with Crippen LogP contribution >= 0.6 is 0 Å². The molecular weight excluding hydrogens is 407 g/mol. The summed E-state index contributed by atoms with van der Waals surface area (Å²) >= 11 is 0. The van der Waals surface area contributed by atoms with Gasteiger partial charge >= 0.3 is 29.6 Å². The van der Waals surface area contributed by atoms with E-state index in [9.17, 15) is 17.8 Å². The number of carbonyl (C=O) groups excluding carboxylic acids is 1. The first-order valence-electron chi connectivity index (χ1n) is 8.18. The van der Waals surface area contributed by atoms with Crippen LogP contribution in [0.3, 0.4) is 0 Å². The van der Waals surface area contributed by atoms with E-state index in [-0.39, 0.29) is 35.3 Å². The molecule has 0 fully saturated rings. The van der Waals surface area contributed by atoms with Crippen molar-refractivity contribution in [1.82, 2.24) is 5.43 Å². The Morgan fingerprint density at radius 3 is 2.14 bits per heavy atom. The molecule has 0 unspecified atom stereocenters. The maximum atomic E-state index is 12.8. The third-order valence-electron chi connectivity index (χ3n) is 4.16. The van der Waals surface area contributed by atoms with Crippen LogP contribution in [-0.2, 0) is 14.9 Å². The molecule has 4 rings (SSSR count). The molecule has 1 aromatic heterocycles. The van der Waals surface area contributed by atoms with Gasteiger partial charge in [0.05, 0.1) is 12.1 Å². The summed E-state index contributed by atoms with van der Waals surface area (Å²) in [5.74, 6) is 0.154. The van der Waals surface area contributed by atoms with Crippen LogP contribution in [-0.4, -0.2) is 25.1 Å². The van der Waals surface area contributed by atoms with Crippen molar-refractivity contribution in [2.45, 2.75) is 11.0 Å². The predicted molar refractivity (Wildman–Crippen MR) is 97.2 cm³/mol. The van der Waals surface area contributed by atoms with Gasteiger partial charge in [-0.1, -0.05) is 36.4 Å². The van der Waals surface area contributed by atoms with Crippen LogP contribution in [0.15, 0.2) is 75.3 Å². The summed E-state index contributed by atoms with van der Waals surface area (Å²) in [6.45, 7) is 0. The number of hydrazone groups is 1. The molecule has 29 heavy (non-hydrogen) atoms. The van der Waals surface area contributed by atoms with Crippen molar-refractivity contribution >= 4 is 22.2 Å². The second-order valence-corrected chi connectivity index (χ2v) is 7.27. The molecule has 1 aliphatic heterocycles. The van der Waals surface area contributed by atoms with Gasteiger partial charge in [-0.05, 0) is 24.3 Å². The number of benzene rings is 2. The number of ether oxygens (including phenoxy) is 1. The number of para-hydroxylation sites is 2. The number of nitrogens with one attached hydrogen (secondary N) is 1. The zero-order chi connectivity index (χ0) is 19.7. The van der Waals surface area contributed by atoms with Gasteiger partial charge in [-0.15, -0.1) is 0 Å². The van der Waals surface area contributed by atoms with Gasteiger partial charge in [-0.3, -0.25) is 4.79 Å². The SMILES string of the molecule is O=C(N/N=C/c1ccc(S(=O)(=O)[O-])o1)C1c2ccccc2Oc2ccccc21.[Na+]. The van der Waals surface area contributed by atoms with Crippen molar-refractivity contribution in [3.05, 3.63) is 77.6 Å². The topological polar surface area (TPSA) is 121 Å². The number of hydrogen-bond acceptors (Lipinski definition) is 7. The van der Waals surface area contributed by atoms with E-state index in [4.69, 9.17) is 9.15 Å². The predicted octanol–water partition coefficient (Wildman–Crippen LogP) is -0.424. The van der Waals surface area contributed by atoms with E-state index >= 15 is 0 Å². The second kappa shape index (κ2) is 8.52. The fourth-order valence-electron chi connectivity index (χ4n) is 2.95. The number of rotatable bonds is 4. The number of carbonyl (C=O) groups is 1. The smallest absolute Gasteiger partial charge is 0.742 e. The number of fused-ring (bicyclic) bond motifs is 2. The van der Waals surface area contributed by atoms with Crippen LogP contribution in [0.1, 0.15) is 22.8 Å². The molecule has 1 N–H and O–H groups in total. The Morgan fingerprint density at radius 1 is 1.00 bits per heavy atom. The van der Waals surface area contributed by atoms with Gasteiger partial charge in [0.15, 0.2) is 10.1 Å². The molecule has 0 radical (unpaired) electrons. The number of nitrogens with zero attached hydrogens (tertiary/aromatic N) is 1. The Balaban J connectivity index is 0.00000240.